The first-order valence-corrected chi connectivity index (χ1v) is 8.12. The third kappa shape index (κ3) is 3.75. The second-order valence-electron chi connectivity index (χ2n) is 5.36. The topological polar surface area (TPSA) is 98.0 Å². The van der Waals surface area contributed by atoms with Gasteiger partial charge in [0.2, 0.25) is 5.88 Å². The van der Waals surface area contributed by atoms with Gasteiger partial charge in [0.05, 0.1) is 20.9 Å². The molecule has 2 aromatic carbocycles. The highest BCUT2D eigenvalue weighted by atomic mass is 35.5. The highest BCUT2D eigenvalue weighted by molar-refractivity contribution is 6.41. The molecule has 1 aromatic heterocycles. The molecular formula is C17H13Cl2N3O3. The van der Waals surface area contributed by atoms with Gasteiger partial charge in [-0.15, -0.1) is 10.2 Å². The standard InChI is InChI=1S/C17H13Cl2N3O3/c18-11-6-7-12(19)15-14(11)16(17(25)20-15)22-21-13(24)8-3-9-1-4-10(23)5-2-9/h1-2,4-7,20,23,25H,3,8H2. The molecule has 0 saturated carbocycles. The van der Waals surface area contributed by atoms with Gasteiger partial charge in [0.1, 0.15) is 5.75 Å². The molecular weight excluding hydrogens is 365 g/mol. The first kappa shape index (κ1) is 17.3. The number of aromatic hydroxyl groups is 2. The van der Waals surface area contributed by atoms with Crippen LogP contribution in [0.1, 0.15) is 12.0 Å². The second-order valence-corrected chi connectivity index (χ2v) is 6.18. The zero-order valence-electron chi connectivity index (χ0n) is 12.8. The van der Waals surface area contributed by atoms with Crippen LogP contribution in [0.5, 0.6) is 11.6 Å². The number of H-pyrrole nitrogens is 1. The molecule has 8 heteroatoms. The molecule has 0 radical (unpaired) electrons. The van der Waals surface area contributed by atoms with Crippen LogP contribution < -0.4 is 0 Å². The summed E-state index contributed by atoms with van der Waals surface area (Å²) in [5.74, 6) is -0.542. The second kappa shape index (κ2) is 7.13. The lowest BCUT2D eigenvalue weighted by atomic mass is 10.1. The van der Waals surface area contributed by atoms with Crippen molar-refractivity contribution in [1.29, 1.82) is 0 Å². The summed E-state index contributed by atoms with van der Waals surface area (Å²) < 4.78 is 0. The largest absolute Gasteiger partial charge is 0.508 e. The molecule has 3 N–H and O–H groups in total. The van der Waals surface area contributed by atoms with Gasteiger partial charge in [-0.25, -0.2) is 0 Å². The molecule has 3 aromatic rings. The quantitative estimate of drug-likeness (QED) is 0.549. The number of carbonyl (C=O) groups excluding carboxylic acids is 1. The SMILES string of the molecule is O=C(CCc1ccc(O)cc1)N=Nc1c(O)[nH]c2c(Cl)ccc(Cl)c12. The van der Waals surface area contributed by atoms with Crippen molar-refractivity contribution in [2.45, 2.75) is 12.8 Å². The first-order chi connectivity index (χ1) is 12.0. The summed E-state index contributed by atoms with van der Waals surface area (Å²) >= 11 is 12.2. The van der Waals surface area contributed by atoms with Crippen LogP contribution in [0.15, 0.2) is 46.6 Å². The van der Waals surface area contributed by atoms with Crippen molar-refractivity contribution in [1.82, 2.24) is 4.98 Å². The summed E-state index contributed by atoms with van der Waals surface area (Å²) in [4.78, 5) is 14.6. The number of fused-ring (bicyclic) bond motifs is 1. The molecule has 0 aliphatic heterocycles. The van der Waals surface area contributed by atoms with Crippen LogP contribution in [0, 0.1) is 0 Å². The molecule has 0 fully saturated rings. The molecule has 0 spiro atoms. The van der Waals surface area contributed by atoms with Crippen LogP contribution in [0.3, 0.4) is 0 Å². The van der Waals surface area contributed by atoms with Crippen molar-refractivity contribution in [3.05, 3.63) is 52.0 Å². The monoisotopic (exact) mass is 377 g/mol. The Kier molecular flexibility index (Phi) is 4.92. The lowest BCUT2D eigenvalue weighted by molar-refractivity contribution is -0.118. The van der Waals surface area contributed by atoms with Crippen molar-refractivity contribution < 1.29 is 15.0 Å². The van der Waals surface area contributed by atoms with E-state index < -0.39 is 5.91 Å². The molecule has 1 amide bonds. The zero-order chi connectivity index (χ0) is 18.0. The number of nitrogens with one attached hydrogen (secondary N) is 1. The first-order valence-electron chi connectivity index (χ1n) is 7.37. The fraction of sp³-hybridized carbons (Fsp3) is 0.118. The maximum Gasteiger partial charge on any atom is 0.265 e. The van der Waals surface area contributed by atoms with Crippen molar-refractivity contribution in [2.75, 3.05) is 0 Å². The number of nitrogens with zero attached hydrogens (tertiary/aromatic N) is 2. The van der Waals surface area contributed by atoms with E-state index in [-0.39, 0.29) is 23.7 Å². The minimum absolute atomic E-state index is 0.0699. The van der Waals surface area contributed by atoms with Crippen LogP contribution in [-0.2, 0) is 11.2 Å². The van der Waals surface area contributed by atoms with E-state index in [2.05, 4.69) is 15.2 Å². The highest BCUT2D eigenvalue weighted by Gasteiger charge is 2.16. The van der Waals surface area contributed by atoms with Gasteiger partial charge in [0.25, 0.3) is 5.91 Å². The maximum atomic E-state index is 11.9. The zero-order valence-corrected chi connectivity index (χ0v) is 14.3. The van der Waals surface area contributed by atoms with Gasteiger partial charge in [-0.3, -0.25) is 4.79 Å². The Morgan fingerprint density at radius 2 is 1.72 bits per heavy atom. The Balaban J connectivity index is 1.76. The van der Waals surface area contributed by atoms with E-state index in [9.17, 15) is 15.0 Å². The number of benzene rings is 2. The molecule has 1 heterocycles. The van der Waals surface area contributed by atoms with Crippen LogP contribution in [0.4, 0.5) is 5.69 Å². The Morgan fingerprint density at radius 1 is 1.04 bits per heavy atom. The number of hydrogen-bond acceptors (Lipinski definition) is 4. The number of aromatic nitrogens is 1. The van der Waals surface area contributed by atoms with Crippen molar-refractivity contribution >= 4 is 45.7 Å². The normalized spacial score (nSPS) is 11.4. The van der Waals surface area contributed by atoms with Crippen LogP contribution >= 0.6 is 23.2 Å². The maximum absolute atomic E-state index is 11.9. The summed E-state index contributed by atoms with van der Waals surface area (Å²) in [5, 5.41) is 27.8. The summed E-state index contributed by atoms with van der Waals surface area (Å²) in [6.45, 7) is 0. The van der Waals surface area contributed by atoms with E-state index >= 15 is 0 Å². The van der Waals surface area contributed by atoms with Crippen LogP contribution in [0.25, 0.3) is 10.9 Å². The van der Waals surface area contributed by atoms with Gasteiger partial charge < -0.3 is 15.2 Å². The number of carbonyl (C=O) groups is 1. The highest BCUT2D eigenvalue weighted by Crippen LogP contribution is 2.42. The fourth-order valence-electron chi connectivity index (χ4n) is 2.37. The number of phenolic OH excluding ortho intramolecular Hbond substituents is 1. The Morgan fingerprint density at radius 3 is 2.44 bits per heavy atom. The minimum Gasteiger partial charge on any atom is -0.508 e. The van der Waals surface area contributed by atoms with E-state index in [1.54, 1.807) is 36.4 Å². The number of aryl methyl sites for hydroxylation is 1. The Hall–Kier alpha value is -2.57. The summed E-state index contributed by atoms with van der Waals surface area (Å²) in [5.41, 5.74) is 1.39. The van der Waals surface area contributed by atoms with Crippen LogP contribution in [-0.4, -0.2) is 21.1 Å². The van der Waals surface area contributed by atoms with E-state index in [4.69, 9.17) is 23.2 Å². The molecule has 0 bridgehead atoms. The lowest BCUT2D eigenvalue weighted by Crippen LogP contribution is -1.95. The summed E-state index contributed by atoms with van der Waals surface area (Å²) in [6.07, 6.45) is 0.608. The van der Waals surface area contributed by atoms with Crippen molar-refractivity contribution in [3.8, 4) is 11.6 Å². The minimum atomic E-state index is -0.444. The number of hydrogen-bond donors (Lipinski definition) is 3. The fourth-order valence-corrected chi connectivity index (χ4v) is 2.82. The van der Waals surface area contributed by atoms with Crippen LogP contribution in [0.2, 0.25) is 10.0 Å². The number of phenols is 1. The van der Waals surface area contributed by atoms with Gasteiger partial charge in [-0.1, -0.05) is 35.3 Å². The van der Waals surface area contributed by atoms with Crippen molar-refractivity contribution in [3.63, 3.8) is 0 Å². The molecule has 0 aliphatic rings. The summed E-state index contributed by atoms with van der Waals surface area (Å²) in [6, 6.07) is 9.73. The molecule has 6 nitrogen and oxygen atoms in total. The lowest BCUT2D eigenvalue weighted by Gasteiger charge is -1.99. The molecule has 128 valence electrons. The molecule has 0 aliphatic carbocycles. The van der Waals surface area contributed by atoms with E-state index in [0.29, 0.717) is 27.4 Å². The average molecular weight is 378 g/mol. The number of azo groups is 1. The molecule has 3 rings (SSSR count). The summed E-state index contributed by atoms with van der Waals surface area (Å²) in [7, 11) is 0. The smallest absolute Gasteiger partial charge is 0.265 e. The van der Waals surface area contributed by atoms with E-state index in [1.165, 1.54) is 0 Å². The molecule has 0 saturated heterocycles. The number of rotatable bonds is 4. The van der Waals surface area contributed by atoms with Gasteiger partial charge in [-0.2, -0.15) is 0 Å². The predicted octanol–water partition coefficient (Wildman–Crippen LogP) is 5.13. The predicted molar refractivity (Wildman–Crippen MR) is 95.9 cm³/mol. The molecule has 0 unspecified atom stereocenters. The Labute approximate surface area is 152 Å². The Bertz CT molecular complexity index is 965. The third-order valence-corrected chi connectivity index (χ3v) is 4.26. The number of halogens is 2. The molecule has 25 heavy (non-hydrogen) atoms. The molecule has 0 atom stereocenters. The number of aromatic amines is 1. The number of amides is 1. The van der Waals surface area contributed by atoms with Gasteiger partial charge in [0, 0.05) is 6.42 Å². The third-order valence-electron chi connectivity index (χ3n) is 3.63. The van der Waals surface area contributed by atoms with E-state index in [0.717, 1.165) is 5.56 Å². The average Bonchev–Trinajstić information content (AvgIpc) is 2.93. The van der Waals surface area contributed by atoms with Gasteiger partial charge in [0.15, 0.2) is 5.69 Å². The van der Waals surface area contributed by atoms with Gasteiger partial charge in [-0.05, 0) is 36.2 Å². The van der Waals surface area contributed by atoms with Gasteiger partial charge >= 0.3 is 0 Å². The van der Waals surface area contributed by atoms with E-state index in [1.807, 2.05) is 0 Å². The van der Waals surface area contributed by atoms with Crippen molar-refractivity contribution in [2.24, 2.45) is 10.2 Å².